The van der Waals surface area contributed by atoms with Gasteiger partial charge in [0.05, 0.1) is 12.6 Å². The number of aromatic nitrogens is 2. The summed E-state index contributed by atoms with van der Waals surface area (Å²) in [6.45, 7) is 2.90. The zero-order valence-corrected chi connectivity index (χ0v) is 10.3. The maximum absolute atomic E-state index is 5.71. The van der Waals surface area contributed by atoms with Crippen molar-refractivity contribution >= 4 is 16.5 Å². The summed E-state index contributed by atoms with van der Waals surface area (Å²) in [6.07, 6.45) is 0. The molecule has 0 bridgehead atoms. The largest absolute Gasteiger partial charge is 0.493 e. The molecule has 17 heavy (non-hydrogen) atoms. The molecule has 1 aromatic heterocycles. The Hall–Kier alpha value is -1.62. The Morgan fingerprint density at radius 2 is 2.29 bits per heavy atom. The van der Waals surface area contributed by atoms with Gasteiger partial charge in [-0.3, -0.25) is 0 Å². The van der Waals surface area contributed by atoms with Gasteiger partial charge >= 0.3 is 0 Å². The maximum Gasteiger partial charge on any atom is 0.205 e. The zero-order valence-electron chi connectivity index (χ0n) is 9.46. The number of ether oxygens (including phenoxy) is 1. The van der Waals surface area contributed by atoms with E-state index in [0.717, 1.165) is 17.5 Å². The van der Waals surface area contributed by atoms with E-state index in [1.54, 1.807) is 5.51 Å². The van der Waals surface area contributed by atoms with Crippen LogP contribution < -0.4 is 10.1 Å². The minimum Gasteiger partial charge on any atom is -0.493 e. The molecule has 3 rings (SSSR count). The maximum atomic E-state index is 5.71. The molecule has 2 unspecified atom stereocenters. The highest BCUT2D eigenvalue weighted by Crippen LogP contribution is 2.37. The molecule has 1 aliphatic heterocycles. The second-order valence-corrected chi connectivity index (χ2v) is 5.03. The van der Waals surface area contributed by atoms with Crippen LogP contribution in [0.4, 0.5) is 5.13 Å². The fourth-order valence-corrected chi connectivity index (χ4v) is 2.57. The topological polar surface area (TPSA) is 47.0 Å². The van der Waals surface area contributed by atoms with Gasteiger partial charge in [0, 0.05) is 11.5 Å². The molecule has 2 heterocycles. The molecule has 0 saturated heterocycles. The monoisotopic (exact) mass is 247 g/mol. The van der Waals surface area contributed by atoms with Gasteiger partial charge in [-0.25, -0.2) is 0 Å². The highest BCUT2D eigenvalue weighted by molar-refractivity contribution is 7.13. The standard InChI is InChI=1S/C12H13N3OS/c1-8-6-16-10-5-3-2-4-9(10)11(8)14-12-15-13-7-17-12/h2-5,7-8,11H,6H2,1H3,(H,14,15). The van der Waals surface area contributed by atoms with Gasteiger partial charge in [-0.05, 0) is 6.07 Å². The molecule has 1 N–H and O–H groups in total. The molecule has 1 aromatic carbocycles. The van der Waals surface area contributed by atoms with Crippen molar-refractivity contribution in [1.82, 2.24) is 10.2 Å². The van der Waals surface area contributed by atoms with Crippen molar-refractivity contribution < 1.29 is 4.74 Å². The quantitative estimate of drug-likeness (QED) is 0.886. The van der Waals surface area contributed by atoms with E-state index in [4.69, 9.17) is 4.74 Å². The fourth-order valence-electron chi connectivity index (χ4n) is 2.08. The van der Waals surface area contributed by atoms with Crippen molar-refractivity contribution in [1.29, 1.82) is 0 Å². The van der Waals surface area contributed by atoms with Crippen molar-refractivity contribution in [2.24, 2.45) is 5.92 Å². The highest BCUT2D eigenvalue weighted by atomic mass is 32.1. The molecular formula is C12H13N3OS. The van der Waals surface area contributed by atoms with Crippen molar-refractivity contribution in [2.75, 3.05) is 11.9 Å². The van der Waals surface area contributed by atoms with Crippen molar-refractivity contribution in [3.63, 3.8) is 0 Å². The molecule has 2 aromatic rings. The van der Waals surface area contributed by atoms with Crippen LogP contribution in [-0.2, 0) is 0 Å². The number of nitrogens with zero attached hydrogens (tertiary/aromatic N) is 2. The summed E-state index contributed by atoms with van der Waals surface area (Å²) in [5.41, 5.74) is 2.93. The van der Waals surface area contributed by atoms with E-state index in [-0.39, 0.29) is 6.04 Å². The van der Waals surface area contributed by atoms with E-state index in [0.29, 0.717) is 5.92 Å². The van der Waals surface area contributed by atoms with E-state index >= 15 is 0 Å². The van der Waals surface area contributed by atoms with Gasteiger partial charge in [0.2, 0.25) is 5.13 Å². The molecule has 0 amide bonds. The summed E-state index contributed by atoms with van der Waals surface area (Å²) < 4.78 is 5.71. The minimum absolute atomic E-state index is 0.243. The van der Waals surface area contributed by atoms with Crippen LogP contribution in [0.3, 0.4) is 0 Å². The molecule has 4 nitrogen and oxygen atoms in total. The van der Waals surface area contributed by atoms with Crippen LogP contribution in [0.2, 0.25) is 0 Å². The number of hydrogen-bond donors (Lipinski definition) is 1. The van der Waals surface area contributed by atoms with E-state index < -0.39 is 0 Å². The third-order valence-electron chi connectivity index (χ3n) is 2.96. The first kappa shape index (κ1) is 10.5. The van der Waals surface area contributed by atoms with Crippen LogP contribution in [0.25, 0.3) is 0 Å². The van der Waals surface area contributed by atoms with E-state index in [1.807, 2.05) is 18.2 Å². The van der Waals surface area contributed by atoms with Gasteiger partial charge in [-0.15, -0.1) is 10.2 Å². The Bertz CT molecular complexity index is 500. The Morgan fingerprint density at radius 1 is 1.41 bits per heavy atom. The minimum atomic E-state index is 0.243. The highest BCUT2D eigenvalue weighted by Gasteiger charge is 2.28. The number of nitrogens with one attached hydrogen (secondary N) is 1. The second kappa shape index (κ2) is 4.33. The number of benzene rings is 1. The smallest absolute Gasteiger partial charge is 0.205 e. The van der Waals surface area contributed by atoms with Crippen molar-refractivity contribution in [3.8, 4) is 5.75 Å². The summed E-state index contributed by atoms with van der Waals surface area (Å²) in [4.78, 5) is 0. The predicted octanol–water partition coefficient (Wildman–Crippen LogP) is 2.72. The average molecular weight is 247 g/mol. The SMILES string of the molecule is CC1COc2ccccc2C1Nc1nncs1. The van der Waals surface area contributed by atoms with E-state index in [9.17, 15) is 0 Å². The van der Waals surface area contributed by atoms with Crippen molar-refractivity contribution in [2.45, 2.75) is 13.0 Å². The van der Waals surface area contributed by atoms with Crippen LogP contribution >= 0.6 is 11.3 Å². The summed E-state index contributed by atoms with van der Waals surface area (Å²) in [5.74, 6) is 1.38. The van der Waals surface area contributed by atoms with Crippen LogP contribution in [-0.4, -0.2) is 16.8 Å². The molecule has 0 fully saturated rings. The Kier molecular flexibility index (Phi) is 2.68. The summed E-state index contributed by atoms with van der Waals surface area (Å²) >= 11 is 1.52. The first-order valence-electron chi connectivity index (χ1n) is 5.59. The van der Waals surface area contributed by atoms with Gasteiger partial charge in [-0.1, -0.05) is 36.5 Å². The Morgan fingerprint density at radius 3 is 3.12 bits per heavy atom. The number of hydrogen-bond acceptors (Lipinski definition) is 5. The Balaban J connectivity index is 1.92. The Labute approximate surface area is 104 Å². The number of fused-ring (bicyclic) bond motifs is 1. The first-order valence-corrected chi connectivity index (χ1v) is 6.47. The van der Waals surface area contributed by atoms with Gasteiger partial charge in [0.25, 0.3) is 0 Å². The molecule has 0 aliphatic carbocycles. The molecule has 1 aliphatic rings. The molecule has 88 valence electrons. The molecule has 0 saturated carbocycles. The van der Waals surface area contributed by atoms with Crippen molar-refractivity contribution in [3.05, 3.63) is 35.3 Å². The van der Waals surface area contributed by atoms with Gasteiger partial charge in [0.1, 0.15) is 11.3 Å². The average Bonchev–Trinajstić information content (AvgIpc) is 2.86. The normalized spacial score (nSPS) is 22.6. The lowest BCUT2D eigenvalue weighted by atomic mass is 9.92. The van der Waals surface area contributed by atoms with Gasteiger partial charge in [-0.2, -0.15) is 0 Å². The molecule has 2 atom stereocenters. The van der Waals surface area contributed by atoms with Crippen LogP contribution in [0.1, 0.15) is 18.5 Å². The molecule has 5 heteroatoms. The zero-order chi connectivity index (χ0) is 11.7. The summed E-state index contributed by atoms with van der Waals surface area (Å²) in [5, 5.41) is 12.2. The van der Waals surface area contributed by atoms with E-state index in [2.05, 4.69) is 28.5 Å². The fraction of sp³-hybridized carbons (Fsp3) is 0.333. The number of rotatable bonds is 2. The van der Waals surface area contributed by atoms with Crippen LogP contribution in [0, 0.1) is 5.92 Å². The molecule has 0 spiro atoms. The molecule has 0 radical (unpaired) electrons. The molecular weight excluding hydrogens is 234 g/mol. The first-order chi connectivity index (χ1) is 8.34. The summed E-state index contributed by atoms with van der Waals surface area (Å²) in [7, 11) is 0. The second-order valence-electron chi connectivity index (χ2n) is 4.19. The lowest BCUT2D eigenvalue weighted by molar-refractivity contribution is 0.214. The predicted molar refractivity (Wildman–Crippen MR) is 67.4 cm³/mol. The van der Waals surface area contributed by atoms with Gasteiger partial charge in [0.15, 0.2) is 0 Å². The third kappa shape index (κ3) is 1.98. The van der Waals surface area contributed by atoms with Gasteiger partial charge < -0.3 is 10.1 Å². The van der Waals surface area contributed by atoms with Crippen LogP contribution in [0.15, 0.2) is 29.8 Å². The van der Waals surface area contributed by atoms with Crippen LogP contribution in [0.5, 0.6) is 5.75 Å². The third-order valence-corrected chi connectivity index (χ3v) is 3.59. The lowest BCUT2D eigenvalue weighted by Gasteiger charge is -2.31. The number of anilines is 1. The summed E-state index contributed by atoms with van der Waals surface area (Å²) in [6, 6.07) is 8.39. The lowest BCUT2D eigenvalue weighted by Crippen LogP contribution is -2.28. The number of para-hydroxylation sites is 1. The van der Waals surface area contributed by atoms with E-state index in [1.165, 1.54) is 16.9 Å².